The van der Waals surface area contributed by atoms with Crippen molar-refractivity contribution in [1.29, 1.82) is 0 Å². The van der Waals surface area contributed by atoms with Gasteiger partial charge in [-0.05, 0) is 41.2 Å². The molecule has 1 aliphatic heterocycles. The Bertz CT molecular complexity index is 1340. The number of anilines is 1. The van der Waals surface area contributed by atoms with Crippen LogP contribution in [0.4, 0.5) is 23.5 Å². The average molecular weight is 489 g/mol. The summed E-state index contributed by atoms with van der Waals surface area (Å²) in [7, 11) is 0. The monoisotopic (exact) mass is 488 g/mol. The van der Waals surface area contributed by atoms with Crippen LogP contribution < -0.4 is 4.90 Å². The topological polar surface area (TPSA) is 44.8 Å². The third kappa shape index (κ3) is 3.90. The molecule has 5 rings (SSSR count). The molecule has 0 fully saturated rings. The quantitative estimate of drug-likeness (QED) is 0.314. The molecule has 0 spiro atoms. The zero-order valence-electron chi connectivity index (χ0n) is 18.4. The van der Waals surface area contributed by atoms with E-state index in [4.69, 9.17) is 11.6 Å². The van der Waals surface area contributed by atoms with Crippen LogP contribution in [-0.4, -0.2) is 21.5 Å². The first kappa shape index (κ1) is 22.7. The van der Waals surface area contributed by atoms with Crippen molar-refractivity contribution in [3.05, 3.63) is 87.6 Å². The fourth-order valence-electron chi connectivity index (χ4n) is 4.53. The van der Waals surface area contributed by atoms with Crippen LogP contribution in [0, 0.1) is 5.82 Å². The molecule has 0 radical (unpaired) electrons. The Kier molecular flexibility index (Phi) is 5.51. The number of halogens is 5. The number of nitrogens with one attached hydrogen (secondary N) is 1. The van der Waals surface area contributed by atoms with Gasteiger partial charge < -0.3 is 9.88 Å². The third-order valence-electron chi connectivity index (χ3n) is 6.31. The number of alkyl halides is 3. The minimum Gasteiger partial charge on any atom is -0.356 e. The summed E-state index contributed by atoms with van der Waals surface area (Å²) in [5.74, 6) is 0.0245. The number of nitrogens with zero attached hydrogens (tertiary/aromatic N) is 3. The number of fused-ring (bicyclic) bond motifs is 3. The van der Waals surface area contributed by atoms with Crippen molar-refractivity contribution in [2.24, 2.45) is 0 Å². The Morgan fingerprint density at radius 1 is 1.09 bits per heavy atom. The largest absolute Gasteiger partial charge is 0.419 e. The van der Waals surface area contributed by atoms with Crippen LogP contribution in [0.15, 0.2) is 48.8 Å². The molecule has 4 aromatic rings. The van der Waals surface area contributed by atoms with Crippen molar-refractivity contribution in [2.75, 3.05) is 11.4 Å². The van der Waals surface area contributed by atoms with Gasteiger partial charge in [-0.2, -0.15) is 13.2 Å². The second-order valence-electron chi connectivity index (χ2n) is 8.77. The second kappa shape index (κ2) is 8.27. The van der Waals surface area contributed by atoms with E-state index in [9.17, 15) is 17.6 Å². The van der Waals surface area contributed by atoms with Gasteiger partial charge in [0.1, 0.15) is 5.82 Å². The summed E-state index contributed by atoms with van der Waals surface area (Å²) in [5.41, 5.74) is 3.63. The molecule has 0 saturated heterocycles. The molecule has 0 amide bonds. The lowest BCUT2D eigenvalue weighted by Crippen LogP contribution is -2.37. The molecule has 34 heavy (non-hydrogen) atoms. The minimum atomic E-state index is -4.51. The van der Waals surface area contributed by atoms with Crippen molar-refractivity contribution in [3.63, 3.8) is 0 Å². The number of aromatic amines is 1. The molecular formula is C25H21ClF4N4. The molecule has 0 aliphatic carbocycles. The number of H-pyrrole nitrogens is 1. The first-order chi connectivity index (χ1) is 16.1. The Balaban J connectivity index is 1.65. The fourth-order valence-corrected chi connectivity index (χ4v) is 4.69. The summed E-state index contributed by atoms with van der Waals surface area (Å²) >= 11 is 6.05. The Labute approximate surface area is 198 Å². The van der Waals surface area contributed by atoms with E-state index in [0.29, 0.717) is 24.4 Å². The van der Waals surface area contributed by atoms with E-state index < -0.39 is 23.6 Å². The zero-order valence-corrected chi connectivity index (χ0v) is 19.2. The Hall–Kier alpha value is -3.13. The Morgan fingerprint density at radius 2 is 1.76 bits per heavy atom. The lowest BCUT2D eigenvalue weighted by atomic mass is 9.91. The molecule has 2 aromatic heterocycles. The standard InChI is InChI=1S/C25H21ClF4N4/c1-13(2)14-3-5-15(6-4-14)23-22-17(18-9-19(26)20(27)10-21(18)33-22)7-8-34(23)24-31-11-16(12-32-24)25(28,29)30/h3-6,9-13,23,33H,7-8H2,1-2H3. The third-order valence-corrected chi connectivity index (χ3v) is 6.60. The summed E-state index contributed by atoms with van der Waals surface area (Å²) in [5, 5.41) is 0.874. The predicted molar refractivity (Wildman–Crippen MR) is 124 cm³/mol. The van der Waals surface area contributed by atoms with Crippen LogP contribution in [-0.2, 0) is 12.6 Å². The van der Waals surface area contributed by atoms with E-state index in [1.165, 1.54) is 11.6 Å². The minimum absolute atomic E-state index is 0.0423. The average Bonchev–Trinajstić information content (AvgIpc) is 3.15. The summed E-state index contributed by atoms with van der Waals surface area (Å²) in [4.78, 5) is 13.3. The number of rotatable bonds is 3. The number of hydrogen-bond donors (Lipinski definition) is 1. The highest BCUT2D eigenvalue weighted by Crippen LogP contribution is 2.41. The predicted octanol–water partition coefficient (Wildman–Crippen LogP) is 7.04. The lowest BCUT2D eigenvalue weighted by Gasteiger charge is -2.36. The van der Waals surface area contributed by atoms with Gasteiger partial charge in [0.2, 0.25) is 5.95 Å². The normalized spacial score (nSPS) is 16.4. The van der Waals surface area contributed by atoms with Gasteiger partial charge in [0.05, 0.1) is 16.6 Å². The van der Waals surface area contributed by atoms with Crippen LogP contribution in [0.5, 0.6) is 0 Å². The van der Waals surface area contributed by atoms with Crippen LogP contribution in [0.1, 0.15) is 53.8 Å². The maximum absolute atomic E-state index is 14.2. The maximum atomic E-state index is 14.2. The molecule has 0 saturated carbocycles. The van der Waals surface area contributed by atoms with Crippen LogP contribution in [0.3, 0.4) is 0 Å². The van der Waals surface area contributed by atoms with E-state index >= 15 is 0 Å². The highest BCUT2D eigenvalue weighted by Gasteiger charge is 2.35. The summed E-state index contributed by atoms with van der Waals surface area (Å²) in [6.07, 6.45) is -2.34. The molecule has 4 nitrogen and oxygen atoms in total. The summed E-state index contributed by atoms with van der Waals surface area (Å²) in [6, 6.07) is 10.7. The molecule has 1 unspecified atom stereocenters. The number of benzene rings is 2. The molecule has 2 aromatic carbocycles. The van der Waals surface area contributed by atoms with E-state index in [2.05, 4.69) is 28.8 Å². The van der Waals surface area contributed by atoms with E-state index in [1.54, 1.807) is 6.07 Å². The fraction of sp³-hybridized carbons (Fsp3) is 0.280. The molecule has 176 valence electrons. The van der Waals surface area contributed by atoms with Crippen molar-refractivity contribution in [2.45, 2.75) is 38.4 Å². The molecule has 0 bridgehead atoms. The molecule has 9 heteroatoms. The number of hydrogen-bond acceptors (Lipinski definition) is 3. The van der Waals surface area contributed by atoms with Gasteiger partial charge >= 0.3 is 6.18 Å². The van der Waals surface area contributed by atoms with E-state index in [0.717, 1.165) is 34.6 Å². The number of aromatic nitrogens is 3. The molecular weight excluding hydrogens is 468 g/mol. The Morgan fingerprint density at radius 3 is 2.38 bits per heavy atom. The lowest BCUT2D eigenvalue weighted by molar-refractivity contribution is -0.138. The van der Waals surface area contributed by atoms with Gasteiger partial charge in [0.25, 0.3) is 0 Å². The first-order valence-electron chi connectivity index (χ1n) is 10.9. The molecule has 3 heterocycles. The van der Waals surface area contributed by atoms with Crippen molar-refractivity contribution < 1.29 is 17.6 Å². The van der Waals surface area contributed by atoms with Gasteiger partial charge in [0, 0.05) is 35.5 Å². The molecule has 1 aliphatic rings. The zero-order chi connectivity index (χ0) is 24.2. The van der Waals surface area contributed by atoms with Crippen LogP contribution in [0.2, 0.25) is 5.02 Å². The molecule has 1 N–H and O–H groups in total. The summed E-state index contributed by atoms with van der Waals surface area (Å²) < 4.78 is 53.3. The first-order valence-corrected chi connectivity index (χ1v) is 11.3. The van der Waals surface area contributed by atoms with Gasteiger partial charge in [-0.25, -0.2) is 14.4 Å². The highest BCUT2D eigenvalue weighted by molar-refractivity contribution is 6.31. The van der Waals surface area contributed by atoms with Crippen LogP contribution >= 0.6 is 11.6 Å². The van der Waals surface area contributed by atoms with Gasteiger partial charge in [-0.15, -0.1) is 0 Å². The van der Waals surface area contributed by atoms with Gasteiger partial charge in [-0.1, -0.05) is 49.7 Å². The summed E-state index contributed by atoms with van der Waals surface area (Å²) in [6.45, 7) is 4.68. The van der Waals surface area contributed by atoms with E-state index in [-0.39, 0.29) is 11.0 Å². The van der Waals surface area contributed by atoms with Gasteiger partial charge in [-0.3, -0.25) is 0 Å². The second-order valence-corrected chi connectivity index (χ2v) is 9.17. The maximum Gasteiger partial charge on any atom is 0.419 e. The van der Waals surface area contributed by atoms with Crippen molar-refractivity contribution in [1.82, 2.24) is 15.0 Å². The van der Waals surface area contributed by atoms with Crippen molar-refractivity contribution >= 4 is 28.5 Å². The SMILES string of the molecule is CC(C)c1ccc(C2c3[nH]c4cc(F)c(Cl)cc4c3CCN2c2ncc(C(F)(F)F)cn2)cc1. The molecule has 1 atom stereocenters. The van der Waals surface area contributed by atoms with Crippen molar-refractivity contribution in [3.8, 4) is 0 Å². The highest BCUT2D eigenvalue weighted by atomic mass is 35.5. The van der Waals surface area contributed by atoms with E-state index in [1.807, 2.05) is 29.2 Å². The van der Waals surface area contributed by atoms with Crippen LogP contribution in [0.25, 0.3) is 10.9 Å². The smallest absolute Gasteiger partial charge is 0.356 e. The van der Waals surface area contributed by atoms with Gasteiger partial charge in [0.15, 0.2) is 0 Å².